The number of sulfonamides is 1. The molecule has 0 unspecified atom stereocenters. The predicted molar refractivity (Wildman–Crippen MR) is 90.6 cm³/mol. The zero-order valence-electron chi connectivity index (χ0n) is 11.6. The summed E-state index contributed by atoms with van der Waals surface area (Å²) in [6, 6.07) is 7.18. The summed E-state index contributed by atoms with van der Waals surface area (Å²) in [5, 5.41) is 9.68. The van der Waals surface area contributed by atoms with Gasteiger partial charge < -0.3 is 5.32 Å². The average Bonchev–Trinajstić information content (AvgIpc) is 2.88. The van der Waals surface area contributed by atoms with Gasteiger partial charge in [0.1, 0.15) is 0 Å². The smallest absolute Gasteiger partial charge is 0.279 e. The maximum absolute atomic E-state index is 12.4. The molecule has 0 amide bonds. The molecule has 6 nitrogen and oxygen atoms in total. The van der Waals surface area contributed by atoms with Crippen LogP contribution in [0.3, 0.4) is 0 Å². The molecular formula is C13H17IN4O2S. The summed E-state index contributed by atoms with van der Waals surface area (Å²) in [5.41, 5.74) is 1.16. The topological polar surface area (TPSA) is 86.9 Å². The minimum Gasteiger partial charge on any atom is -0.313 e. The molecule has 0 atom stereocenters. The number of benzene rings is 1. The van der Waals surface area contributed by atoms with Gasteiger partial charge in [0.15, 0.2) is 5.03 Å². The Balaban J connectivity index is 2.18. The number of nitrogens with zero attached hydrogens (tertiary/aromatic N) is 1. The van der Waals surface area contributed by atoms with E-state index in [-0.39, 0.29) is 5.03 Å². The van der Waals surface area contributed by atoms with Gasteiger partial charge in [-0.25, -0.2) is 0 Å². The first-order valence-corrected chi connectivity index (χ1v) is 9.10. The Kier molecular flexibility index (Phi) is 5.59. The van der Waals surface area contributed by atoms with Gasteiger partial charge in [0.05, 0.1) is 6.20 Å². The van der Waals surface area contributed by atoms with E-state index < -0.39 is 10.0 Å². The van der Waals surface area contributed by atoms with Crippen LogP contribution in [0.2, 0.25) is 0 Å². The van der Waals surface area contributed by atoms with Gasteiger partial charge in [-0.3, -0.25) is 9.82 Å². The van der Waals surface area contributed by atoms with Crippen LogP contribution in [0.25, 0.3) is 0 Å². The number of hydrogen-bond donors (Lipinski definition) is 3. The molecule has 0 fully saturated rings. The standard InChI is InChI=1S/C13H17IN4O2S/c1-2-6-15-8-10-9-16-17-13(10)21(19,20)18-12-5-3-4-11(14)7-12/h3-5,7,9,15,18H,2,6,8H2,1H3,(H,16,17). The van der Waals surface area contributed by atoms with E-state index in [0.717, 1.165) is 16.5 Å². The number of aromatic nitrogens is 2. The molecule has 1 aromatic carbocycles. The van der Waals surface area contributed by atoms with Crippen LogP contribution in [0.5, 0.6) is 0 Å². The molecule has 0 spiro atoms. The lowest BCUT2D eigenvalue weighted by Gasteiger charge is -2.09. The van der Waals surface area contributed by atoms with Crippen LogP contribution < -0.4 is 10.0 Å². The van der Waals surface area contributed by atoms with E-state index in [1.54, 1.807) is 18.2 Å². The van der Waals surface area contributed by atoms with Gasteiger partial charge in [-0.05, 0) is 53.8 Å². The van der Waals surface area contributed by atoms with Crippen molar-refractivity contribution in [3.63, 3.8) is 0 Å². The molecule has 8 heteroatoms. The van der Waals surface area contributed by atoms with E-state index in [1.807, 2.05) is 6.07 Å². The lowest BCUT2D eigenvalue weighted by molar-refractivity contribution is 0.593. The number of anilines is 1. The molecule has 2 rings (SSSR count). The Labute approximate surface area is 137 Å². The van der Waals surface area contributed by atoms with Crippen molar-refractivity contribution >= 4 is 38.3 Å². The summed E-state index contributed by atoms with van der Waals surface area (Å²) < 4.78 is 28.4. The van der Waals surface area contributed by atoms with Gasteiger partial charge in [0, 0.05) is 21.4 Å². The lowest BCUT2D eigenvalue weighted by atomic mass is 10.3. The number of hydrogen-bond acceptors (Lipinski definition) is 4. The molecule has 114 valence electrons. The minimum atomic E-state index is -3.67. The van der Waals surface area contributed by atoms with Crippen LogP contribution in [0.1, 0.15) is 18.9 Å². The van der Waals surface area contributed by atoms with Crippen LogP contribution in [0.15, 0.2) is 35.5 Å². The molecule has 1 aromatic heterocycles. The van der Waals surface area contributed by atoms with Crippen molar-refractivity contribution in [1.82, 2.24) is 15.5 Å². The fourth-order valence-electron chi connectivity index (χ4n) is 1.82. The predicted octanol–water partition coefficient (Wildman–Crippen LogP) is 2.31. The third kappa shape index (κ3) is 4.42. The average molecular weight is 420 g/mol. The van der Waals surface area contributed by atoms with Crippen LogP contribution in [0, 0.1) is 3.57 Å². The SMILES string of the molecule is CCCNCc1cn[nH]c1S(=O)(=O)Nc1cccc(I)c1. The first-order chi connectivity index (χ1) is 10.0. The maximum atomic E-state index is 12.4. The number of H-pyrrole nitrogens is 1. The van der Waals surface area contributed by atoms with Gasteiger partial charge in [-0.2, -0.15) is 13.5 Å². The maximum Gasteiger partial charge on any atom is 0.279 e. The number of rotatable bonds is 7. The van der Waals surface area contributed by atoms with Crippen molar-refractivity contribution < 1.29 is 8.42 Å². The summed E-state index contributed by atoms with van der Waals surface area (Å²) in [7, 11) is -3.67. The van der Waals surface area contributed by atoms with E-state index in [1.165, 1.54) is 6.20 Å². The van der Waals surface area contributed by atoms with Gasteiger partial charge in [0.2, 0.25) is 0 Å². The van der Waals surface area contributed by atoms with Crippen molar-refractivity contribution in [1.29, 1.82) is 0 Å². The highest BCUT2D eigenvalue weighted by Crippen LogP contribution is 2.19. The van der Waals surface area contributed by atoms with Crippen molar-refractivity contribution in [3.8, 4) is 0 Å². The Morgan fingerprint density at radius 3 is 2.90 bits per heavy atom. The normalized spacial score (nSPS) is 11.5. The summed E-state index contributed by atoms with van der Waals surface area (Å²) in [5.74, 6) is 0. The molecular weight excluding hydrogens is 403 g/mol. The summed E-state index contributed by atoms with van der Waals surface area (Å²) >= 11 is 2.13. The van der Waals surface area contributed by atoms with E-state index in [9.17, 15) is 8.42 Å². The van der Waals surface area contributed by atoms with E-state index >= 15 is 0 Å². The van der Waals surface area contributed by atoms with E-state index in [0.29, 0.717) is 17.8 Å². The number of halogens is 1. The highest BCUT2D eigenvalue weighted by Gasteiger charge is 2.20. The second kappa shape index (κ2) is 7.23. The second-order valence-corrected chi connectivity index (χ2v) is 7.38. The van der Waals surface area contributed by atoms with Gasteiger partial charge in [-0.1, -0.05) is 13.0 Å². The zero-order chi connectivity index (χ0) is 15.3. The fraction of sp³-hybridized carbons (Fsp3) is 0.308. The van der Waals surface area contributed by atoms with Crippen LogP contribution >= 0.6 is 22.6 Å². The van der Waals surface area contributed by atoms with Gasteiger partial charge in [-0.15, -0.1) is 0 Å². The largest absolute Gasteiger partial charge is 0.313 e. The molecule has 0 aliphatic carbocycles. The Morgan fingerprint density at radius 2 is 2.19 bits per heavy atom. The molecule has 0 radical (unpaired) electrons. The van der Waals surface area contributed by atoms with Gasteiger partial charge >= 0.3 is 0 Å². The zero-order valence-corrected chi connectivity index (χ0v) is 14.5. The number of aromatic amines is 1. The minimum absolute atomic E-state index is 0.102. The summed E-state index contributed by atoms with van der Waals surface area (Å²) in [6.07, 6.45) is 2.52. The third-order valence-electron chi connectivity index (χ3n) is 2.77. The molecule has 0 aliphatic heterocycles. The summed E-state index contributed by atoms with van der Waals surface area (Å²) in [4.78, 5) is 0. The molecule has 0 bridgehead atoms. The first-order valence-electron chi connectivity index (χ1n) is 6.54. The van der Waals surface area contributed by atoms with Gasteiger partial charge in [0.25, 0.3) is 10.0 Å². The quantitative estimate of drug-likeness (QED) is 0.474. The molecule has 3 N–H and O–H groups in total. The lowest BCUT2D eigenvalue weighted by Crippen LogP contribution is -2.19. The van der Waals surface area contributed by atoms with Crippen LogP contribution in [-0.2, 0) is 16.6 Å². The molecule has 1 heterocycles. The summed E-state index contributed by atoms with van der Waals surface area (Å²) in [6.45, 7) is 3.35. The molecule has 0 saturated heterocycles. The van der Waals surface area contributed by atoms with Crippen LogP contribution in [0.4, 0.5) is 5.69 Å². The third-order valence-corrected chi connectivity index (χ3v) is 4.83. The van der Waals surface area contributed by atoms with E-state index in [2.05, 4.69) is 49.8 Å². The fourth-order valence-corrected chi connectivity index (χ4v) is 3.54. The Morgan fingerprint density at radius 1 is 1.38 bits per heavy atom. The highest BCUT2D eigenvalue weighted by molar-refractivity contribution is 14.1. The van der Waals surface area contributed by atoms with Crippen molar-refractivity contribution in [3.05, 3.63) is 39.6 Å². The van der Waals surface area contributed by atoms with E-state index in [4.69, 9.17) is 0 Å². The van der Waals surface area contributed by atoms with Crippen LogP contribution in [-0.4, -0.2) is 25.2 Å². The van der Waals surface area contributed by atoms with Crippen molar-refractivity contribution in [2.75, 3.05) is 11.3 Å². The molecule has 0 saturated carbocycles. The molecule has 0 aliphatic rings. The highest BCUT2D eigenvalue weighted by atomic mass is 127. The van der Waals surface area contributed by atoms with Crippen molar-refractivity contribution in [2.24, 2.45) is 0 Å². The monoisotopic (exact) mass is 420 g/mol. The Bertz CT molecular complexity index is 700. The van der Waals surface area contributed by atoms with Crippen molar-refractivity contribution in [2.45, 2.75) is 24.9 Å². The second-order valence-electron chi connectivity index (χ2n) is 4.52. The molecule has 21 heavy (non-hydrogen) atoms. The molecule has 2 aromatic rings. The number of nitrogens with one attached hydrogen (secondary N) is 3. The first kappa shape index (κ1) is 16.2. The Hall–Kier alpha value is -1.13.